The van der Waals surface area contributed by atoms with Gasteiger partial charge >= 0.3 is 5.97 Å². The van der Waals surface area contributed by atoms with Crippen LogP contribution < -0.4 is 10.6 Å². The fraction of sp³-hybridized carbons (Fsp3) is 0.105. The summed E-state index contributed by atoms with van der Waals surface area (Å²) in [5, 5.41) is 7.27. The lowest BCUT2D eigenvalue weighted by atomic mass is 10.1. The molecule has 0 saturated heterocycles. The van der Waals surface area contributed by atoms with Gasteiger partial charge in [0.2, 0.25) is 0 Å². The van der Waals surface area contributed by atoms with Crippen molar-refractivity contribution in [2.24, 2.45) is 0 Å². The van der Waals surface area contributed by atoms with Crippen molar-refractivity contribution in [3.05, 3.63) is 65.4 Å². The van der Waals surface area contributed by atoms with Crippen molar-refractivity contribution in [2.75, 3.05) is 17.2 Å². The van der Waals surface area contributed by atoms with Crippen molar-refractivity contribution >= 4 is 56.9 Å². The average Bonchev–Trinajstić information content (AvgIpc) is 3.08. The van der Waals surface area contributed by atoms with E-state index in [0.29, 0.717) is 33.1 Å². The van der Waals surface area contributed by atoms with Crippen molar-refractivity contribution in [3.63, 3.8) is 0 Å². The molecule has 0 atom stereocenters. The third kappa shape index (κ3) is 4.82. The quantitative estimate of drug-likeness (QED) is 0.327. The molecule has 2 N–H and O–H groups in total. The van der Waals surface area contributed by atoms with E-state index in [-0.39, 0.29) is 0 Å². The third-order valence-electron chi connectivity index (χ3n) is 3.52. The SMILES string of the molecule is CCOC(=O)c1cc(-c2ccccc2)sc1NC(=S)Nc1cccnc1Cl. The van der Waals surface area contributed by atoms with Gasteiger partial charge in [0.05, 0.1) is 17.9 Å². The van der Waals surface area contributed by atoms with Gasteiger partial charge in [-0.3, -0.25) is 0 Å². The Morgan fingerprint density at radius 3 is 2.70 bits per heavy atom. The second-order valence-electron chi connectivity index (χ2n) is 5.36. The molecular weight excluding hydrogens is 402 g/mol. The number of anilines is 2. The maximum Gasteiger partial charge on any atom is 0.341 e. The van der Waals surface area contributed by atoms with Crippen LogP contribution in [0.5, 0.6) is 0 Å². The van der Waals surface area contributed by atoms with E-state index < -0.39 is 5.97 Å². The van der Waals surface area contributed by atoms with Crippen LogP contribution in [0.2, 0.25) is 5.15 Å². The summed E-state index contributed by atoms with van der Waals surface area (Å²) in [6.45, 7) is 2.06. The Kier molecular flexibility index (Phi) is 6.39. The fourth-order valence-corrected chi connectivity index (χ4v) is 3.82. The molecule has 2 heterocycles. The molecule has 5 nitrogen and oxygen atoms in total. The monoisotopic (exact) mass is 417 g/mol. The van der Waals surface area contributed by atoms with E-state index in [1.54, 1.807) is 31.3 Å². The van der Waals surface area contributed by atoms with E-state index in [1.165, 1.54) is 11.3 Å². The first kappa shape index (κ1) is 19.3. The predicted molar refractivity (Wildman–Crippen MR) is 115 cm³/mol. The number of thiophene rings is 1. The molecule has 0 saturated carbocycles. The number of nitrogens with zero attached hydrogens (tertiary/aromatic N) is 1. The summed E-state index contributed by atoms with van der Waals surface area (Å²) in [5.41, 5.74) is 2.02. The summed E-state index contributed by atoms with van der Waals surface area (Å²) in [6.07, 6.45) is 1.59. The topological polar surface area (TPSA) is 63.2 Å². The number of rotatable bonds is 5. The number of thiocarbonyl (C=S) groups is 1. The lowest BCUT2D eigenvalue weighted by Crippen LogP contribution is -2.20. The number of hydrogen-bond acceptors (Lipinski definition) is 5. The van der Waals surface area contributed by atoms with Crippen molar-refractivity contribution in [2.45, 2.75) is 6.92 Å². The van der Waals surface area contributed by atoms with Crippen LogP contribution in [-0.2, 0) is 4.74 Å². The van der Waals surface area contributed by atoms with Gasteiger partial charge in [-0.05, 0) is 42.9 Å². The van der Waals surface area contributed by atoms with E-state index in [4.69, 9.17) is 28.6 Å². The largest absolute Gasteiger partial charge is 0.462 e. The first-order valence-electron chi connectivity index (χ1n) is 8.13. The van der Waals surface area contributed by atoms with E-state index in [0.717, 1.165) is 10.4 Å². The van der Waals surface area contributed by atoms with E-state index in [1.807, 2.05) is 30.3 Å². The number of hydrogen-bond donors (Lipinski definition) is 2. The number of nitrogens with one attached hydrogen (secondary N) is 2. The summed E-state index contributed by atoms with van der Waals surface area (Å²) in [5.74, 6) is -0.402. The number of ether oxygens (including phenoxy) is 1. The predicted octanol–water partition coefficient (Wildman–Crippen LogP) is 5.45. The number of aromatic nitrogens is 1. The molecule has 0 unspecified atom stereocenters. The molecule has 2 aromatic heterocycles. The molecule has 0 bridgehead atoms. The van der Waals surface area contributed by atoms with Gasteiger partial charge in [-0.1, -0.05) is 41.9 Å². The lowest BCUT2D eigenvalue weighted by Gasteiger charge is -2.11. The summed E-state index contributed by atoms with van der Waals surface area (Å²) in [6, 6.07) is 15.1. The molecule has 138 valence electrons. The Bertz CT molecular complexity index is 961. The van der Waals surface area contributed by atoms with Crippen LogP contribution >= 0.6 is 35.2 Å². The van der Waals surface area contributed by atoms with Crippen LogP contribution in [-0.4, -0.2) is 22.7 Å². The van der Waals surface area contributed by atoms with Crippen LogP contribution in [0.3, 0.4) is 0 Å². The van der Waals surface area contributed by atoms with Crippen molar-refractivity contribution in [1.82, 2.24) is 4.98 Å². The number of halogens is 1. The van der Waals surface area contributed by atoms with Gasteiger partial charge in [-0.15, -0.1) is 11.3 Å². The van der Waals surface area contributed by atoms with Crippen molar-refractivity contribution < 1.29 is 9.53 Å². The normalized spacial score (nSPS) is 10.3. The van der Waals surface area contributed by atoms with E-state index in [2.05, 4.69) is 15.6 Å². The Hall–Kier alpha value is -2.48. The number of pyridine rings is 1. The highest BCUT2D eigenvalue weighted by atomic mass is 35.5. The number of carbonyl (C=O) groups is 1. The summed E-state index contributed by atoms with van der Waals surface area (Å²) in [4.78, 5) is 17.3. The van der Waals surface area contributed by atoms with Crippen LogP contribution in [0.4, 0.5) is 10.7 Å². The molecule has 0 fully saturated rings. The summed E-state index contributed by atoms with van der Waals surface area (Å²) in [7, 11) is 0. The van der Waals surface area contributed by atoms with Gasteiger partial charge in [0, 0.05) is 11.1 Å². The van der Waals surface area contributed by atoms with Crippen LogP contribution in [0, 0.1) is 0 Å². The first-order valence-corrected chi connectivity index (χ1v) is 9.73. The molecule has 3 rings (SSSR count). The molecule has 0 spiro atoms. The Morgan fingerprint density at radius 2 is 2.00 bits per heavy atom. The second-order valence-corrected chi connectivity index (χ2v) is 7.18. The molecule has 0 amide bonds. The molecular formula is C19H16ClN3O2S2. The van der Waals surface area contributed by atoms with Gasteiger partial charge in [-0.2, -0.15) is 0 Å². The van der Waals surface area contributed by atoms with Crippen molar-refractivity contribution in [1.29, 1.82) is 0 Å². The fourth-order valence-electron chi connectivity index (χ4n) is 2.32. The smallest absolute Gasteiger partial charge is 0.341 e. The van der Waals surface area contributed by atoms with Gasteiger partial charge in [-0.25, -0.2) is 9.78 Å². The van der Waals surface area contributed by atoms with E-state index >= 15 is 0 Å². The summed E-state index contributed by atoms with van der Waals surface area (Å²) >= 11 is 12.8. The molecule has 0 radical (unpaired) electrons. The Balaban J connectivity index is 1.86. The molecule has 0 aliphatic carbocycles. The minimum atomic E-state index is -0.402. The van der Waals surface area contributed by atoms with Crippen molar-refractivity contribution in [3.8, 4) is 10.4 Å². The number of carbonyl (C=O) groups excluding carboxylic acids is 1. The second kappa shape index (κ2) is 8.94. The average molecular weight is 418 g/mol. The molecule has 8 heteroatoms. The number of benzene rings is 1. The zero-order chi connectivity index (χ0) is 19.2. The van der Waals surface area contributed by atoms with Gasteiger partial charge in [0.15, 0.2) is 10.3 Å². The lowest BCUT2D eigenvalue weighted by molar-refractivity contribution is 0.0528. The Labute approximate surface area is 171 Å². The van der Waals surface area contributed by atoms with Crippen LogP contribution in [0.1, 0.15) is 17.3 Å². The zero-order valence-electron chi connectivity index (χ0n) is 14.4. The minimum Gasteiger partial charge on any atom is -0.462 e. The van der Waals surface area contributed by atoms with E-state index in [9.17, 15) is 4.79 Å². The molecule has 0 aliphatic rings. The molecule has 27 heavy (non-hydrogen) atoms. The van der Waals surface area contributed by atoms with Crippen LogP contribution in [0.15, 0.2) is 54.7 Å². The number of esters is 1. The van der Waals surface area contributed by atoms with Gasteiger partial charge in [0.25, 0.3) is 0 Å². The van der Waals surface area contributed by atoms with Crippen LogP contribution in [0.25, 0.3) is 10.4 Å². The zero-order valence-corrected chi connectivity index (χ0v) is 16.8. The molecule has 0 aliphatic heterocycles. The van der Waals surface area contributed by atoms with Gasteiger partial charge in [0.1, 0.15) is 5.00 Å². The summed E-state index contributed by atoms with van der Waals surface area (Å²) < 4.78 is 5.17. The van der Waals surface area contributed by atoms with Gasteiger partial charge < -0.3 is 15.4 Å². The first-order chi connectivity index (χ1) is 13.1. The third-order valence-corrected chi connectivity index (χ3v) is 5.12. The Morgan fingerprint density at radius 1 is 1.22 bits per heavy atom. The molecule has 1 aromatic carbocycles. The standard InChI is InChI=1S/C19H16ClN3O2S2/c1-2-25-18(24)13-11-15(12-7-4-3-5-8-12)27-17(13)23-19(26)22-14-9-6-10-21-16(14)20/h3-11H,2H2,1H3,(H2,22,23,26). The maximum absolute atomic E-state index is 12.4. The minimum absolute atomic E-state index is 0.294. The molecule has 3 aromatic rings. The maximum atomic E-state index is 12.4. The highest BCUT2D eigenvalue weighted by molar-refractivity contribution is 7.80. The highest BCUT2D eigenvalue weighted by Gasteiger charge is 2.19. The highest BCUT2D eigenvalue weighted by Crippen LogP contribution is 2.36.